The van der Waals surface area contributed by atoms with Crippen LogP contribution in [0.25, 0.3) is 0 Å². The van der Waals surface area contributed by atoms with Gasteiger partial charge in [0.05, 0.1) is 5.03 Å². The molecule has 0 saturated carbocycles. The van der Waals surface area contributed by atoms with Crippen LogP contribution in [0, 0.1) is 11.6 Å². The van der Waals surface area contributed by atoms with Gasteiger partial charge < -0.3 is 10.5 Å². The summed E-state index contributed by atoms with van der Waals surface area (Å²) in [4.78, 5) is 0. The molecule has 94 valence electrons. The fraction of sp³-hybridized carbons (Fsp3) is 0.273. The second-order valence-electron chi connectivity index (χ2n) is 3.27. The molecule has 0 amide bonds. The third-order valence-electron chi connectivity index (χ3n) is 1.96. The van der Waals surface area contributed by atoms with Crippen LogP contribution in [0.2, 0.25) is 0 Å². The molecule has 0 saturated heterocycles. The highest BCUT2D eigenvalue weighted by Gasteiger charge is 2.12. The lowest BCUT2D eigenvalue weighted by Gasteiger charge is -2.09. The first-order chi connectivity index (χ1) is 8.08. The molecule has 0 aliphatic heterocycles. The van der Waals surface area contributed by atoms with Gasteiger partial charge in [0.25, 0.3) is 0 Å². The number of hydrogen-bond donors (Lipinski definition) is 1. The molecule has 0 heterocycles. The quantitative estimate of drug-likeness (QED) is 0.900. The largest absolute Gasteiger partial charge is 0.482 e. The standard InChI is InChI=1S/C11H11Cl2F2NO/c12-5-8(13)6-17-11-9(14)3-7(1-2-16)4-10(11)15/h3-5H,1-2,6,16H2. The number of ether oxygens (including phenoxy) is 1. The van der Waals surface area contributed by atoms with Crippen molar-refractivity contribution in [3.05, 3.63) is 39.9 Å². The molecule has 0 aliphatic carbocycles. The molecule has 0 aromatic heterocycles. The van der Waals surface area contributed by atoms with Crippen molar-refractivity contribution < 1.29 is 13.5 Å². The SMILES string of the molecule is NCCc1cc(F)c(OCC(Cl)=CCl)c(F)c1. The van der Waals surface area contributed by atoms with Gasteiger partial charge in [0.15, 0.2) is 17.4 Å². The lowest BCUT2D eigenvalue weighted by Crippen LogP contribution is -2.06. The molecule has 0 spiro atoms. The maximum atomic E-state index is 13.5. The smallest absolute Gasteiger partial charge is 0.191 e. The fourth-order valence-electron chi connectivity index (χ4n) is 1.23. The Hall–Kier alpha value is -0.840. The zero-order valence-electron chi connectivity index (χ0n) is 8.85. The van der Waals surface area contributed by atoms with E-state index in [1.807, 2.05) is 0 Å². The summed E-state index contributed by atoms with van der Waals surface area (Å²) in [5.74, 6) is -2.04. The molecule has 1 aromatic rings. The van der Waals surface area contributed by atoms with Crippen LogP contribution in [0.5, 0.6) is 5.75 Å². The third-order valence-corrected chi connectivity index (χ3v) is 2.56. The summed E-state index contributed by atoms with van der Waals surface area (Å²) in [6.45, 7) is 0.134. The van der Waals surface area contributed by atoms with E-state index in [1.54, 1.807) is 0 Å². The van der Waals surface area contributed by atoms with Gasteiger partial charge in [0, 0.05) is 5.54 Å². The summed E-state index contributed by atoms with van der Waals surface area (Å²) in [5, 5.41) is 0.150. The van der Waals surface area contributed by atoms with Crippen molar-refractivity contribution in [3.8, 4) is 5.75 Å². The summed E-state index contributed by atoms with van der Waals surface area (Å²) >= 11 is 10.8. The van der Waals surface area contributed by atoms with Gasteiger partial charge in [0.2, 0.25) is 0 Å². The van der Waals surface area contributed by atoms with Crippen molar-refractivity contribution in [1.82, 2.24) is 0 Å². The van der Waals surface area contributed by atoms with Crippen LogP contribution in [0.15, 0.2) is 22.7 Å². The van der Waals surface area contributed by atoms with Crippen molar-refractivity contribution in [2.45, 2.75) is 6.42 Å². The normalized spacial score (nSPS) is 11.7. The molecular weight excluding hydrogens is 271 g/mol. The van der Waals surface area contributed by atoms with Gasteiger partial charge in [-0.15, -0.1) is 0 Å². The Kier molecular flexibility index (Phi) is 5.68. The number of benzene rings is 1. The zero-order chi connectivity index (χ0) is 12.8. The van der Waals surface area contributed by atoms with Crippen LogP contribution >= 0.6 is 23.2 Å². The zero-order valence-corrected chi connectivity index (χ0v) is 10.4. The van der Waals surface area contributed by atoms with Crippen LogP contribution in [0.1, 0.15) is 5.56 Å². The van der Waals surface area contributed by atoms with Gasteiger partial charge in [-0.3, -0.25) is 0 Å². The van der Waals surface area contributed by atoms with Crippen molar-refractivity contribution in [1.29, 1.82) is 0 Å². The second kappa shape index (κ2) is 6.79. The van der Waals surface area contributed by atoms with Crippen molar-refractivity contribution >= 4 is 23.2 Å². The van der Waals surface area contributed by atoms with E-state index in [9.17, 15) is 8.78 Å². The number of rotatable bonds is 5. The van der Waals surface area contributed by atoms with Crippen molar-refractivity contribution in [2.75, 3.05) is 13.2 Å². The molecule has 17 heavy (non-hydrogen) atoms. The lowest BCUT2D eigenvalue weighted by molar-refractivity contribution is 0.317. The van der Waals surface area contributed by atoms with Crippen LogP contribution in [0.3, 0.4) is 0 Å². The fourth-order valence-corrected chi connectivity index (χ4v) is 1.35. The number of halogens is 4. The maximum absolute atomic E-state index is 13.5. The highest BCUT2D eigenvalue weighted by molar-refractivity contribution is 6.36. The molecule has 0 fully saturated rings. The van der Waals surface area contributed by atoms with Crippen molar-refractivity contribution in [2.24, 2.45) is 5.73 Å². The summed E-state index contributed by atoms with van der Waals surface area (Å²) < 4.78 is 31.9. The third kappa shape index (κ3) is 4.15. The van der Waals surface area contributed by atoms with Gasteiger partial charge in [-0.05, 0) is 30.7 Å². The van der Waals surface area contributed by atoms with Gasteiger partial charge in [-0.2, -0.15) is 0 Å². The summed E-state index contributed by atoms with van der Waals surface area (Å²) in [5.41, 5.74) is 6.85. The van der Waals surface area contributed by atoms with E-state index in [0.29, 0.717) is 18.5 Å². The van der Waals surface area contributed by atoms with E-state index >= 15 is 0 Å². The molecule has 1 rings (SSSR count). The molecule has 0 aliphatic rings. The Morgan fingerprint density at radius 2 is 1.94 bits per heavy atom. The van der Waals surface area contributed by atoms with Crippen LogP contribution in [0.4, 0.5) is 8.78 Å². The Balaban J connectivity index is 2.86. The van der Waals surface area contributed by atoms with Crippen molar-refractivity contribution in [3.63, 3.8) is 0 Å². The predicted molar refractivity (Wildman–Crippen MR) is 64.4 cm³/mol. The highest BCUT2D eigenvalue weighted by Crippen LogP contribution is 2.24. The average Bonchev–Trinajstić information content (AvgIpc) is 2.28. The van der Waals surface area contributed by atoms with Gasteiger partial charge in [-0.25, -0.2) is 8.78 Å². The Labute approximate surface area is 108 Å². The van der Waals surface area contributed by atoms with E-state index in [0.717, 1.165) is 5.54 Å². The van der Waals surface area contributed by atoms with E-state index in [4.69, 9.17) is 33.7 Å². The summed E-state index contributed by atoms with van der Waals surface area (Å²) in [6, 6.07) is 2.37. The molecular formula is C11H11Cl2F2NO. The van der Waals surface area contributed by atoms with Crippen LogP contribution in [-0.2, 0) is 6.42 Å². The van der Waals surface area contributed by atoms with E-state index in [2.05, 4.69) is 0 Å². The predicted octanol–water partition coefficient (Wildman–Crippen LogP) is 3.16. The monoisotopic (exact) mass is 281 g/mol. The van der Waals surface area contributed by atoms with Gasteiger partial charge >= 0.3 is 0 Å². The molecule has 6 heteroatoms. The minimum Gasteiger partial charge on any atom is -0.482 e. The molecule has 1 aromatic carbocycles. The van der Waals surface area contributed by atoms with Crippen LogP contribution in [-0.4, -0.2) is 13.2 Å². The highest BCUT2D eigenvalue weighted by atomic mass is 35.5. The second-order valence-corrected chi connectivity index (χ2v) is 3.98. The Morgan fingerprint density at radius 1 is 1.35 bits per heavy atom. The summed E-state index contributed by atoms with van der Waals surface area (Å²) in [7, 11) is 0. The van der Waals surface area contributed by atoms with Gasteiger partial charge in [-0.1, -0.05) is 23.2 Å². The minimum atomic E-state index is -0.785. The van der Waals surface area contributed by atoms with Gasteiger partial charge in [0.1, 0.15) is 6.61 Å². The lowest BCUT2D eigenvalue weighted by atomic mass is 10.1. The topological polar surface area (TPSA) is 35.2 Å². The number of hydrogen-bond acceptors (Lipinski definition) is 2. The molecule has 0 bridgehead atoms. The van der Waals surface area contributed by atoms with Crippen LogP contribution < -0.4 is 10.5 Å². The van der Waals surface area contributed by atoms with E-state index in [-0.39, 0.29) is 11.6 Å². The molecule has 0 unspecified atom stereocenters. The first-order valence-corrected chi connectivity index (χ1v) is 5.65. The van der Waals surface area contributed by atoms with E-state index < -0.39 is 17.4 Å². The number of nitrogens with two attached hydrogens (primary N) is 1. The first kappa shape index (κ1) is 14.2. The van der Waals surface area contributed by atoms with E-state index in [1.165, 1.54) is 12.1 Å². The maximum Gasteiger partial charge on any atom is 0.191 e. The average molecular weight is 282 g/mol. The molecule has 0 radical (unpaired) electrons. The molecule has 2 nitrogen and oxygen atoms in total. The Morgan fingerprint density at radius 3 is 2.41 bits per heavy atom. The first-order valence-electron chi connectivity index (χ1n) is 4.84. The molecule has 2 N–H and O–H groups in total. The molecule has 0 atom stereocenters. The Bertz CT molecular complexity index is 401. The summed E-state index contributed by atoms with van der Waals surface area (Å²) in [6.07, 6.45) is 0.399. The minimum absolute atomic E-state index is 0.150.